The Morgan fingerprint density at radius 1 is 1.04 bits per heavy atom. The summed E-state index contributed by atoms with van der Waals surface area (Å²) in [4.78, 5) is 24.2. The summed E-state index contributed by atoms with van der Waals surface area (Å²) in [5, 5.41) is 14.5. The predicted molar refractivity (Wildman–Crippen MR) is 113 cm³/mol. The molecule has 0 aliphatic rings. The molecule has 0 fully saturated rings. The fourth-order valence-corrected chi connectivity index (χ4v) is 3.14. The highest BCUT2D eigenvalue weighted by molar-refractivity contribution is 5.95. The largest absolute Gasteiger partial charge is 0.326 e. The minimum atomic E-state index is -0.211. The maximum absolute atomic E-state index is 12.2. The molecule has 0 atom stereocenters. The van der Waals surface area contributed by atoms with Crippen molar-refractivity contribution in [1.82, 2.24) is 15.5 Å². The Balaban J connectivity index is 1.67. The Labute approximate surface area is 164 Å². The lowest BCUT2D eigenvalue weighted by molar-refractivity contribution is -0.116. The van der Waals surface area contributed by atoms with E-state index in [0.29, 0.717) is 17.5 Å². The van der Waals surface area contributed by atoms with E-state index in [9.17, 15) is 9.59 Å². The van der Waals surface area contributed by atoms with Crippen LogP contribution in [0.1, 0.15) is 32.6 Å². The number of aromatic nitrogens is 2. The van der Waals surface area contributed by atoms with Crippen molar-refractivity contribution in [3.05, 3.63) is 58.9 Å². The SMILES string of the molecule is CCCNCCCCC(=O)Nc1cccc(-c2n[nH]c(=O)c3ccccc23)c1. The summed E-state index contributed by atoms with van der Waals surface area (Å²) in [6.45, 7) is 4.11. The van der Waals surface area contributed by atoms with Crippen molar-refractivity contribution in [2.45, 2.75) is 32.6 Å². The number of hydrogen-bond donors (Lipinski definition) is 3. The highest BCUT2D eigenvalue weighted by Crippen LogP contribution is 2.26. The molecule has 1 heterocycles. The second-order valence-electron chi connectivity index (χ2n) is 6.78. The quantitative estimate of drug-likeness (QED) is 0.496. The third kappa shape index (κ3) is 5.04. The fraction of sp³-hybridized carbons (Fsp3) is 0.318. The summed E-state index contributed by atoms with van der Waals surface area (Å²) in [5.74, 6) is 0.00641. The number of hydrogen-bond acceptors (Lipinski definition) is 4. The highest BCUT2D eigenvalue weighted by Gasteiger charge is 2.09. The van der Waals surface area contributed by atoms with Crippen LogP contribution in [0.3, 0.4) is 0 Å². The molecule has 3 aromatic rings. The minimum Gasteiger partial charge on any atom is -0.326 e. The van der Waals surface area contributed by atoms with E-state index in [0.717, 1.165) is 49.0 Å². The van der Waals surface area contributed by atoms with Crippen LogP contribution < -0.4 is 16.2 Å². The third-order valence-electron chi connectivity index (χ3n) is 4.55. The van der Waals surface area contributed by atoms with Crippen molar-refractivity contribution in [3.63, 3.8) is 0 Å². The normalized spacial score (nSPS) is 10.9. The summed E-state index contributed by atoms with van der Waals surface area (Å²) in [6, 6.07) is 14.9. The Morgan fingerprint density at radius 3 is 2.68 bits per heavy atom. The number of nitrogens with zero attached hydrogens (tertiary/aromatic N) is 1. The van der Waals surface area contributed by atoms with Gasteiger partial charge in [0.1, 0.15) is 0 Å². The fourth-order valence-electron chi connectivity index (χ4n) is 3.14. The van der Waals surface area contributed by atoms with Crippen LogP contribution in [0.4, 0.5) is 5.69 Å². The first-order valence-corrected chi connectivity index (χ1v) is 9.77. The highest BCUT2D eigenvalue weighted by atomic mass is 16.1. The molecule has 6 nitrogen and oxygen atoms in total. The molecule has 0 unspecified atom stereocenters. The molecule has 146 valence electrons. The minimum absolute atomic E-state index is 0.00641. The zero-order valence-electron chi connectivity index (χ0n) is 16.1. The molecule has 2 aromatic carbocycles. The monoisotopic (exact) mass is 378 g/mol. The van der Waals surface area contributed by atoms with Gasteiger partial charge in [-0.2, -0.15) is 5.10 Å². The number of nitrogens with one attached hydrogen (secondary N) is 3. The Morgan fingerprint density at radius 2 is 1.86 bits per heavy atom. The lowest BCUT2D eigenvalue weighted by atomic mass is 10.0. The number of anilines is 1. The topological polar surface area (TPSA) is 86.9 Å². The second-order valence-corrected chi connectivity index (χ2v) is 6.78. The molecule has 1 aromatic heterocycles. The summed E-state index contributed by atoms with van der Waals surface area (Å²) in [7, 11) is 0. The number of rotatable bonds is 9. The average molecular weight is 378 g/mol. The van der Waals surface area contributed by atoms with Crippen LogP contribution in [0.2, 0.25) is 0 Å². The number of benzene rings is 2. The van der Waals surface area contributed by atoms with E-state index >= 15 is 0 Å². The first kappa shape index (κ1) is 19.8. The Hall–Kier alpha value is -2.99. The number of H-pyrrole nitrogens is 1. The zero-order valence-corrected chi connectivity index (χ0v) is 16.1. The van der Waals surface area contributed by atoms with Crippen molar-refractivity contribution in [2.75, 3.05) is 18.4 Å². The molecule has 0 spiro atoms. The molecule has 3 N–H and O–H groups in total. The summed E-state index contributed by atoms with van der Waals surface area (Å²) in [6.07, 6.45) is 3.46. The molecular formula is C22H26N4O2. The molecule has 0 saturated carbocycles. The lowest BCUT2D eigenvalue weighted by Gasteiger charge is -2.09. The van der Waals surface area contributed by atoms with E-state index in [1.54, 1.807) is 6.07 Å². The second kappa shape index (κ2) is 9.80. The number of carbonyl (C=O) groups is 1. The van der Waals surface area contributed by atoms with Gasteiger partial charge >= 0.3 is 0 Å². The summed E-state index contributed by atoms with van der Waals surface area (Å²) >= 11 is 0. The van der Waals surface area contributed by atoms with Crippen LogP contribution >= 0.6 is 0 Å². The predicted octanol–water partition coefficient (Wildman–Crippen LogP) is 3.70. The molecule has 0 bridgehead atoms. The third-order valence-corrected chi connectivity index (χ3v) is 4.55. The molecule has 3 rings (SSSR count). The van der Waals surface area contributed by atoms with Gasteiger partial charge in [-0.1, -0.05) is 37.3 Å². The first-order valence-electron chi connectivity index (χ1n) is 9.77. The molecule has 1 amide bonds. The van der Waals surface area contributed by atoms with Crippen LogP contribution in [-0.2, 0) is 4.79 Å². The summed E-state index contributed by atoms with van der Waals surface area (Å²) < 4.78 is 0. The molecule has 0 radical (unpaired) electrons. The summed E-state index contributed by atoms with van der Waals surface area (Å²) in [5.41, 5.74) is 2.04. The van der Waals surface area contributed by atoms with E-state index in [2.05, 4.69) is 27.8 Å². The first-order chi connectivity index (χ1) is 13.7. The van der Waals surface area contributed by atoms with Crippen molar-refractivity contribution < 1.29 is 4.79 Å². The van der Waals surface area contributed by atoms with Gasteiger partial charge in [-0.25, -0.2) is 5.10 Å². The van der Waals surface area contributed by atoms with E-state index in [4.69, 9.17) is 0 Å². The van der Waals surface area contributed by atoms with Gasteiger partial charge in [0.2, 0.25) is 5.91 Å². The molecular weight excluding hydrogens is 352 g/mol. The molecule has 0 aliphatic heterocycles. The number of carbonyl (C=O) groups excluding carboxylic acids is 1. The van der Waals surface area contributed by atoms with Crippen molar-refractivity contribution in [2.24, 2.45) is 0 Å². The van der Waals surface area contributed by atoms with Crippen LogP contribution in [0, 0.1) is 0 Å². The van der Waals surface area contributed by atoms with E-state index in [1.807, 2.05) is 42.5 Å². The van der Waals surface area contributed by atoms with Gasteiger partial charge in [0.05, 0.1) is 11.1 Å². The van der Waals surface area contributed by atoms with Crippen molar-refractivity contribution in [1.29, 1.82) is 0 Å². The van der Waals surface area contributed by atoms with Gasteiger partial charge < -0.3 is 10.6 Å². The number of amides is 1. The van der Waals surface area contributed by atoms with Crippen LogP contribution in [-0.4, -0.2) is 29.2 Å². The smallest absolute Gasteiger partial charge is 0.272 e. The zero-order chi connectivity index (χ0) is 19.8. The van der Waals surface area contributed by atoms with Gasteiger partial charge in [0.25, 0.3) is 5.56 Å². The number of fused-ring (bicyclic) bond motifs is 1. The van der Waals surface area contributed by atoms with Gasteiger partial charge in [-0.15, -0.1) is 0 Å². The molecule has 0 aliphatic carbocycles. The average Bonchev–Trinajstić information content (AvgIpc) is 2.71. The number of unbranched alkanes of at least 4 members (excludes halogenated alkanes) is 1. The van der Waals surface area contributed by atoms with Crippen molar-refractivity contribution >= 4 is 22.4 Å². The maximum Gasteiger partial charge on any atom is 0.272 e. The van der Waals surface area contributed by atoms with Gasteiger partial charge in [0, 0.05) is 23.1 Å². The van der Waals surface area contributed by atoms with Crippen LogP contribution in [0.15, 0.2) is 53.3 Å². The Kier molecular flexibility index (Phi) is 6.92. The van der Waals surface area contributed by atoms with Gasteiger partial charge in [-0.05, 0) is 50.6 Å². The van der Waals surface area contributed by atoms with Crippen LogP contribution in [0.25, 0.3) is 22.0 Å². The van der Waals surface area contributed by atoms with Gasteiger partial charge in [-0.3, -0.25) is 9.59 Å². The standard InChI is InChI=1S/C22H26N4O2/c1-2-13-23-14-6-5-12-20(27)24-17-9-7-8-16(15-17)21-18-10-3-4-11-19(18)22(28)26-25-21/h3-4,7-11,15,23H,2,5-6,12-14H2,1H3,(H,24,27)(H,26,28). The van der Waals surface area contributed by atoms with Crippen molar-refractivity contribution in [3.8, 4) is 11.3 Å². The molecule has 0 saturated heterocycles. The Bertz CT molecular complexity index is 997. The molecule has 28 heavy (non-hydrogen) atoms. The van der Waals surface area contributed by atoms with E-state index in [1.165, 1.54) is 0 Å². The molecule has 6 heteroatoms. The van der Waals surface area contributed by atoms with Gasteiger partial charge in [0.15, 0.2) is 0 Å². The van der Waals surface area contributed by atoms with Crippen LogP contribution in [0.5, 0.6) is 0 Å². The van der Waals surface area contributed by atoms with E-state index < -0.39 is 0 Å². The lowest BCUT2D eigenvalue weighted by Crippen LogP contribution is -2.17. The maximum atomic E-state index is 12.2. The number of aromatic amines is 1. The van der Waals surface area contributed by atoms with E-state index in [-0.39, 0.29) is 11.5 Å².